The summed E-state index contributed by atoms with van der Waals surface area (Å²) in [6, 6.07) is 5.99. The van der Waals surface area contributed by atoms with E-state index in [1.165, 1.54) is 24.0 Å². The van der Waals surface area contributed by atoms with Crippen molar-refractivity contribution in [3.8, 4) is 0 Å². The number of nitrogens with one attached hydrogen (secondary N) is 1. The van der Waals surface area contributed by atoms with E-state index in [-0.39, 0.29) is 0 Å². The van der Waals surface area contributed by atoms with Crippen LogP contribution in [0.25, 0.3) is 11.1 Å². The summed E-state index contributed by atoms with van der Waals surface area (Å²) in [7, 11) is 0. The zero-order valence-electron chi connectivity index (χ0n) is 18.5. The van der Waals surface area contributed by atoms with Crippen LogP contribution in [0.5, 0.6) is 0 Å². The number of nitrogens with zero attached hydrogens (tertiary/aromatic N) is 2. The van der Waals surface area contributed by atoms with Crippen molar-refractivity contribution in [2.75, 3.05) is 6.54 Å². The van der Waals surface area contributed by atoms with E-state index in [0.717, 1.165) is 52.5 Å². The number of aliphatic imine (C=N–C) groups is 1. The number of H-pyrrole nitrogens is 1. The van der Waals surface area contributed by atoms with Gasteiger partial charge in [-0.2, -0.15) is 5.10 Å². The number of hydrogen-bond donors (Lipinski definition) is 2. The molecule has 3 N–H and O–H groups in total. The minimum Gasteiger partial charge on any atom is -0.404 e. The molecule has 0 bridgehead atoms. The number of unbranched alkanes of at least 4 members (excludes halogenated alkanes) is 2. The zero-order valence-corrected chi connectivity index (χ0v) is 19.2. The Morgan fingerprint density at radius 1 is 1.34 bits per heavy atom. The normalized spacial score (nSPS) is 14.7. The SMILES string of the molecule is C=C(C)c1ccc(C)cc1Cl.CC.CCCCCN=C1Cc2cn[nH]c2/C1=C/N. The lowest BCUT2D eigenvalue weighted by molar-refractivity contribution is 0.728. The number of aryl methyl sites for hydroxylation is 1. The molecule has 0 saturated carbocycles. The third-order valence-electron chi connectivity index (χ3n) is 4.47. The monoisotopic (exact) mass is 414 g/mol. The van der Waals surface area contributed by atoms with Crippen LogP contribution in [-0.4, -0.2) is 22.5 Å². The van der Waals surface area contributed by atoms with E-state index in [4.69, 9.17) is 17.3 Å². The first-order valence-corrected chi connectivity index (χ1v) is 10.8. The second kappa shape index (κ2) is 13.0. The molecule has 1 aliphatic carbocycles. The average molecular weight is 415 g/mol. The van der Waals surface area contributed by atoms with E-state index in [1.807, 2.05) is 52.1 Å². The third kappa shape index (κ3) is 7.21. The molecule has 0 unspecified atom stereocenters. The molecule has 1 aromatic carbocycles. The minimum absolute atomic E-state index is 0.789. The molecule has 1 aliphatic rings. The lowest BCUT2D eigenvalue weighted by atomic mass is 10.1. The number of allylic oxidation sites excluding steroid dienone is 2. The van der Waals surface area contributed by atoms with Gasteiger partial charge in [-0.25, -0.2) is 0 Å². The Labute approximate surface area is 181 Å². The first kappa shape index (κ1) is 24.7. The van der Waals surface area contributed by atoms with Gasteiger partial charge >= 0.3 is 0 Å². The van der Waals surface area contributed by atoms with Gasteiger partial charge in [0, 0.05) is 35.3 Å². The summed E-state index contributed by atoms with van der Waals surface area (Å²) in [5, 5.41) is 7.77. The van der Waals surface area contributed by atoms with Crippen LogP contribution in [0.4, 0.5) is 0 Å². The van der Waals surface area contributed by atoms with E-state index in [0.29, 0.717) is 0 Å². The van der Waals surface area contributed by atoms with Crippen LogP contribution in [0.15, 0.2) is 42.2 Å². The largest absolute Gasteiger partial charge is 0.404 e. The molecule has 158 valence electrons. The predicted octanol–water partition coefficient (Wildman–Crippen LogP) is 6.60. The molecule has 4 nitrogen and oxygen atoms in total. The van der Waals surface area contributed by atoms with Crippen molar-refractivity contribution in [2.24, 2.45) is 10.7 Å². The number of benzene rings is 1. The number of aromatic nitrogens is 2. The van der Waals surface area contributed by atoms with Gasteiger partial charge in [0.1, 0.15) is 0 Å². The van der Waals surface area contributed by atoms with Crippen molar-refractivity contribution in [1.82, 2.24) is 10.2 Å². The molecule has 3 rings (SSSR count). The van der Waals surface area contributed by atoms with E-state index in [1.54, 1.807) is 6.20 Å². The van der Waals surface area contributed by atoms with Gasteiger partial charge in [0.05, 0.1) is 17.6 Å². The molecule has 5 heteroatoms. The summed E-state index contributed by atoms with van der Waals surface area (Å²) in [5.41, 5.74) is 13.2. The fourth-order valence-electron chi connectivity index (χ4n) is 2.96. The molecule has 0 spiro atoms. The summed E-state index contributed by atoms with van der Waals surface area (Å²) in [6.45, 7) is 14.9. The Morgan fingerprint density at radius 3 is 2.66 bits per heavy atom. The molecule has 0 amide bonds. The van der Waals surface area contributed by atoms with Crippen molar-refractivity contribution >= 4 is 28.5 Å². The Hall–Kier alpha value is -2.33. The summed E-state index contributed by atoms with van der Waals surface area (Å²) in [5.74, 6) is 0. The third-order valence-corrected chi connectivity index (χ3v) is 4.78. The number of halogens is 1. The molecule has 0 saturated heterocycles. The summed E-state index contributed by atoms with van der Waals surface area (Å²) in [6.07, 6.45) is 7.97. The van der Waals surface area contributed by atoms with Crippen LogP contribution in [0.1, 0.15) is 69.3 Å². The van der Waals surface area contributed by atoms with Gasteiger partial charge in [-0.1, -0.05) is 63.9 Å². The van der Waals surface area contributed by atoms with E-state index in [9.17, 15) is 0 Å². The summed E-state index contributed by atoms with van der Waals surface area (Å²) < 4.78 is 0. The quantitative estimate of drug-likeness (QED) is 0.541. The van der Waals surface area contributed by atoms with Crippen molar-refractivity contribution in [3.05, 3.63) is 64.6 Å². The van der Waals surface area contributed by atoms with Crippen LogP contribution in [0.3, 0.4) is 0 Å². The number of hydrogen-bond acceptors (Lipinski definition) is 3. The Balaban J connectivity index is 0.000000284. The van der Waals surface area contributed by atoms with Gasteiger partial charge in [-0.05, 0) is 43.0 Å². The Morgan fingerprint density at radius 2 is 2.07 bits per heavy atom. The first-order chi connectivity index (χ1) is 14.0. The maximum absolute atomic E-state index is 5.96. The van der Waals surface area contributed by atoms with Gasteiger partial charge in [0.25, 0.3) is 0 Å². The fourth-order valence-corrected chi connectivity index (χ4v) is 3.36. The van der Waals surface area contributed by atoms with E-state index >= 15 is 0 Å². The Bertz CT molecular complexity index is 846. The number of fused-ring (bicyclic) bond motifs is 1. The number of aromatic amines is 1. The van der Waals surface area contributed by atoms with Crippen LogP contribution in [-0.2, 0) is 6.42 Å². The van der Waals surface area contributed by atoms with Crippen LogP contribution < -0.4 is 5.73 Å². The fraction of sp³-hybridized carbons (Fsp3) is 0.417. The highest BCUT2D eigenvalue weighted by atomic mass is 35.5. The topological polar surface area (TPSA) is 67.1 Å². The Kier molecular flexibility index (Phi) is 11.1. The van der Waals surface area contributed by atoms with Crippen molar-refractivity contribution in [3.63, 3.8) is 0 Å². The maximum atomic E-state index is 5.96. The van der Waals surface area contributed by atoms with Crippen LogP contribution >= 0.6 is 11.6 Å². The van der Waals surface area contributed by atoms with Crippen LogP contribution in [0.2, 0.25) is 5.02 Å². The summed E-state index contributed by atoms with van der Waals surface area (Å²) in [4.78, 5) is 4.62. The highest BCUT2D eigenvalue weighted by Gasteiger charge is 2.23. The molecule has 0 radical (unpaired) electrons. The van der Waals surface area contributed by atoms with Crippen molar-refractivity contribution in [2.45, 2.75) is 60.3 Å². The molecule has 1 aromatic heterocycles. The molecule has 0 fully saturated rings. The molecular formula is C24H35ClN4. The van der Waals surface area contributed by atoms with Gasteiger partial charge in [0.15, 0.2) is 0 Å². The zero-order chi connectivity index (χ0) is 21.8. The standard InChI is InChI=1S/C12H18N4.C10H11Cl.C2H6/c1-2-3-4-5-14-11-6-9-8-15-16-12(9)10(11)7-13;1-7(2)9-5-4-8(3)6-10(9)11;1-2/h7-8H,2-6,13H2,1H3,(H,15,16);4-6H,1H2,2-3H3;1-2H3/b10-7+,14-11?;;. The van der Waals surface area contributed by atoms with Gasteiger partial charge in [0.2, 0.25) is 0 Å². The van der Waals surface area contributed by atoms with E-state index in [2.05, 4.69) is 28.7 Å². The molecule has 1 heterocycles. The molecule has 2 aromatic rings. The second-order valence-electron chi connectivity index (χ2n) is 6.83. The molecule has 0 aliphatic heterocycles. The highest BCUT2D eigenvalue weighted by Crippen LogP contribution is 2.27. The molecule has 0 atom stereocenters. The van der Waals surface area contributed by atoms with Crippen LogP contribution in [0, 0.1) is 6.92 Å². The first-order valence-electron chi connectivity index (χ1n) is 10.4. The lowest BCUT2D eigenvalue weighted by Gasteiger charge is -2.02. The average Bonchev–Trinajstić information content (AvgIpc) is 3.27. The lowest BCUT2D eigenvalue weighted by Crippen LogP contribution is -2.01. The highest BCUT2D eigenvalue weighted by molar-refractivity contribution is 6.32. The van der Waals surface area contributed by atoms with Gasteiger partial charge in [-0.15, -0.1) is 0 Å². The second-order valence-corrected chi connectivity index (χ2v) is 7.23. The van der Waals surface area contributed by atoms with Gasteiger partial charge < -0.3 is 5.73 Å². The smallest absolute Gasteiger partial charge is 0.0718 e. The van der Waals surface area contributed by atoms with E-state index < -0.39 is 0 Å². The molecule has 29 heavy (non-hydrogen) atoms. The van der Waals surface area contributed by atoms with Crippen molar-refractivity contribution < 1.29 is 0 Å². The maximum Gasteiger partial charge on any atom is 0.0718 e. The number of nitrogens with two attached hydrogens (primary N) is 1. The van der Waals surface area contributed by atoms with Gasteiger partial charge in [-0.3, -0.25) is 10.1 Å². The summed E-state index contributed by atoms with van der Waals surface area (Å²) >= 11 is 5.96. The van der Waals surface area contributed by atoms with Crippen molar-refractivity contribution in [1.29, 1.82) is 0 Å². The number of rotatable bonds is 5. The predicted molar refractivity (Wildman–Crippen MR) is 129 cm³/mol. The minimum atomic E-state index is 0.789. The molecular weight excluding hydrogens is 380 g/mol.